The molecule has 3 rings (SSSR count). The number of ether oxygens (including phenoxy) is 1. The molecule has 2 atom stereocenters. The second-order valence-corrected chi connectivity index (χ2v) is 7.68. The zero-order valence-electron chi connectivity index (χ0n) is 15.2. The van der Waals surface area contributed by atoms with Crippen LogP contribution in [0, 0.1) is 0 Å². The molecule has 1 aromatic carbocycles. The van der Waals surface area contributed by atoms with Gasteiger partial charge in [0.25, 0.3) is 0 Å². The van der Waals surface area contributed by atoms with Crippen molar-refractivity contribution in [2.45, 2.75) is 57.7 Å². The van der Waals surface area contributed by atoms with Gasteiger partial charge < -0.3 is 15.4 Å². The summed E-state index contributed by atoms with van der Waals surface area (Å²) in [5.74, 6) is 0. The van der Waals surface area contributed by atoms with Crippen molar-refractivity contribution in [3.8, 4) is 0 Å². The summed E-state index contributed by atoms with van der Waals surface area (Å²) in [5, 5.41) is 2.16. The maximum Gasteiger partial charge on any atom is 0.410 e. The molecule has 2 heterocycles. The van der Waals surface area contributed by atoms with Gasteiger partial charge in [-0.2, -0.15) is 0 Å². The quantitative estimate of drug-likeness (QED) is 0.895. The number of hydrogen-bond donors (Lipinski definition) is 1. The normalized spacial score (nSPS) is 19.7. The average Bonchev–Trinajstić information content (AvgIpc) is 2.59. The SMILES string of the molecule is CC(C)(C)OC(=O)N1CCCCC1C(N)c1nccc2ccccc12. The first-order valence-corrected chi connectivity index (χ1v) is 8.96. The zero-order valence-corrected chi connectivity index (χ0v) is 15.2. The van der Waals surface area contributed by atoms with Crippen molar-refractivity contribution in [3.05, 3.63) is 42.2 Å². The molecule has 1 aromatic heterocycles. The Kier molecular flexibility index (Phi) is 4.95. The Labute approximate surface area is 149 Å². The van der Waals surface area contributed by atoms with Crippen LogP contribution >= 0.6 is 0 Å². The molecule has 1 aliphatic heterocycles. The van der Waals surface area contributed by atoms with Gasteiger partial charge in [-0.25, -0.2) is 4.79 Å². The third-order valence-corrected chi connectivity index (χ3v) is 4.61. The highest BCUT2D eigenvalue weighted by atomic mass is 16.6. The topological polar surface area (TPSA) is 68.5 Å². The number of amides is 1. The number of piperidine rings is 1. The van der Waals surface area contributed by atoms with E-state index >= 15 is 0 Å². The van der Waals surface area contributed by atoms with Crippen LogP contribution in [0.4, 0.5) is 4.79 Å². The molecule has 0 radical (unpaired) electrons. The number of nitrogens with two attached hydrogens (primary N) is 1. The summed E-state index contributed by atoms with van der Waals surface area (Å²) in [6.45, 7) is 6.33. The summed E-state index contributed by atoms with van der Waals surface area (Å²) in [4.78, 5) is 19.0. The average molecular weight is 341 g/mol. The number of fused-ring (bicyclic) bond motifs is 1. The van der Waals surface area contributed by atoms with Crippen LogP contribution in [0.25, 0.3) is 10.8 Å². The predicted molar refractivity (Wildman–Crippen MR) is 99.3 cm³/mol. The van der Waals surface area contributed by atoms with Gasteiger partial charge in [-0.05, 0) is 51.5 Å². The summed E-state index contributed by atoms with van der Waals surface area (Å²) in [6.07, 6.45) is 4.41. The number of carbonyl (C=O) groups excluding carboxylic acids is 1. The van der Waals surface area contributed by atoms with Gasteiger partial charge in [0, 0.05) is 18.1 Å². The molecule has 134 valence electrons. The largest absolute Gasteiger partial charge is 0.444 e. The second kappa shape index (κ2) is 7.00. The van der Waals surface area contributed by atoms with E-state index in [1.165, 1.54) is 0 Å². The molecule has 0 aliphatic carbocycles. The maximum atomic E-state index is 12.7. The Morgan fingerprint density at radius 2 is 2.04 bits per heavy atom. The number of carbonyl (C=O) groups is 1. The van der Waals surface area contributed by atoms with Gasteiger partial charge in [-0.15, -0.1) is 0 Å². The fourth-order valence-corrected chi connectivity index (χ4v) is 3.47. The number of benzene rings is 1. The zero-order chi connectivity index (χ0) is 18.0. The smallest absolute Gasteiger partial charge is 0.410 e. The van der Waals surface area contributed by atoms with Gasteiger partial charge in [0.1, 0.15) is 5.60 Å². The van der Waals surface area contributed by atoms with Gasteiger partial charge >= 0.3 is 6.09 Å². The van der Waals surface area contributed by atoms with Crippen LogP contribution < -0.4 is 5.73 Å². The van der Waals surface area contributed by atoms with Crippen molar-refractivity contribution in [3.63, 3.8) is 0 Å². The highest BCUT2D eigenvalue weighted by molar-refractivity contribution is 5.84. The van der Waals surface area contributed by atoms with Gasteiger partial charge in [-0.1, -0.05) is 24.3 Å². The standard InChI is InChI=1S/C20H27N3O2/c1-20(2,3)25-19(24)23-13-7-6-10-16(23)17(21)18-15-9-5-4-8-14(15)11-12-22-18/h4-5,8-9,11-12,16-17H,6-7,10,13,21H2,1-3H3. The number of aromatic nitrogens is 1. The second-order valence-electron chi connectivity index (χ2n) is 7.68. The Hall–Kier alpha value is -2.14. The Morgan fingerprint density at radius 1 is 1.28 bits per heavy atom. The molecule has 2 unspecified atom stereocenters. The van der Waals surface area contributed by atoms with Crippen LogP contribution in [0.15, 0.2) is 36.5 Å². The van der Waals surface area contributed by atoms with Crippen molar-refractivity contribution >= 4 is 16.9 Å². The lowest BCUT2D eigenvalue weighted by atomic mass is 9.92. The molecule has 0 saturated carbocycles. The summed E-state index contributed by atoms with van der Waals surface area (Å²) in [6, 6.07) is 9.65. The van der Waals surface area contributed by atoms with Crippen molar-refractivity contribution in [1.82, 2.24) is 9.88 Å². The minimum Gasteiger partial charge on any atom is -0.444 e. The first-order valence-electron chi connectivity index (χ1n) is 8.96. The van der Waals surface area contributed by atoms with Gasteiger partial charge in [0.2, 0.25) is 0 Å². The number of pyridine rings is 1. The summed E-state index contributed by atoms with van der Waals surface area (Å²) in [7, 11) is 0. The lowest BCUT2D eigenvalue weighted by molar-refractivity contribution is 0.00638. The van der Waals surface area contributed by atoms with Crippen LogP contribution in [-0.4, -0.2) is 34.2 Å². The molecule has 1 amide bonds. The van der Waals surface area contributed by atoms with Crippen LogP contribution in [0.3, 0.4) is 0 Å². The maximum absolute atomic E-state index is 12.7. The molecule has 1 aliphatic rings. The Balaban J connectivity index is 1.90. The summed E-state index contributed by atoms with van der Waals surface area (Å²) >= 11 is 0. The van der Waals surface area contributed by atoms with E-state index in [-0.39, 0.29) is 18.2 Å². The van der Waals surface area contributed by atoms with Crippen LogP contribution in [0.5, 0.6) is 0 Å². The highest BCUT2D eigenvalue weighted by Crippen LogP contribution is 2.30. The van der Waals surface area contributed by atoms with E-state index in [9.17, 15) is 4.79 Å². The molecule has 1 fully saturated rings. The van der Waals surface area contributed by atoms with E-state index in [4.69, 9.17) is 10.5 Å². The molecule has 25 heavy (non-hydrogen) atoms. The fourth-order valence-electron chi connectivity index (χ4n) is 3.47. The van der Waals surface area contributed by atoms with E-state index in [1.807, 2.05) is 45.0 Å². The fraction of sp³-hybridized carbons (Fsp3) is 0.500. The van der Waals surface area contributed by atoms with Crippen LogP contribution in [0.2, 0.25) is 0 Å². The minimum atomic E-state index is -0.513. The molecular weight excluding hydrogens is 314 g/mol. The van der Waals surface area contributed by atoms with Crippen molar-refractivity contribution in [2.75, 3.05) is 6.54 Å². The van der Waals surface area contributed by atoms with Gasteiger partial charge in [0.15, 0.2) is 0 Å². The molecule has 2 N–H and O–H groups in total. The van der Waals surface area contributed by atoms with Crippen LogP contribution in [-0.2, 0) is 4.74 Å². The molecule has 5 nitrogen and oxygen atoms in total. The van der Waals surface area contributed by atoms with E-state index in [0.717, 1.165) is 35.7 Å². The molecular formula is C20H27N3O2. The number of rotatable bonds is 2. The van der Waals surface area contributed by atoms with E-state index in [0.29, 0.717) is 6.54 Å². The Bertz CT molecular complexity index is 749. The van der Waals surface area contributed by atoms with E-state index in [1.54, 1.807) is 11.1 Å². The molecule has 0 spiro atoms. The van der Waals surface area contributed by atoms with Crippen molar-refractivity contribution in [1.29, 1.82) is 0 Å². The van der Waals surface area contributed by atoms with E-state index in [2.05, 4.69) is 11.1 Å². The first-order chi connectivity index (χ1) is 11.9. The molecule has 2 aromatic rings. The monoisotopic (exact) mass is 341 g/mol. The number of hydrogen-bond acceptors (Lipinski definition) is 4. The van der Waals surface area contributed by atoms with Gasteiger partial charge in [-0.3, -0.25) is 4.98 Å². The minimum absolute atomic E-state index is 0.0955. The molecule has 5 heteroatoms. The number of likely N-dealkylation sites (tertiary alicyclic amines) is 1. The third kappa shape index (κ3) is 3.93. The first kappa shape index (κ1) is 17.7. The third-order valence-electron chi connectivity index (χ3n) is 4.61. The van der Waals surface area contributed by atoms with Crippen molar-refractivity contribution < 1.29 is 9.53 Å². The summed E-state index contributed by atoms with van der Waals surface area (Å²) < 4.78 is 5.59. The van der Waals surface area contributed by atoms with E-state index < -0.39 is 5.60 Å². The van der Waals surface area contributed by atoms with Crippen LogP contribution in [0.1, 0.15) is 51.8 Å². The summed E-state index contributed by atoms with van der Waals surface area (Å²) in [5.41, 5.74) is 6.95. The molecule has 1 saturated heterocycles. The predicted octanol–water partition coefficient (Wildman–Crippen LogP) is 4.02. The lowest BCUT2D eigenvalue weighted by Gasteiger charge is -2.39. The van der Waals surface area contributed by atoms with Crippen molar-refractivity contribution in [2.24, 2.45) is 5.73 Å². The molecule has 0 bridgehead atoms. The Morgan fingerprint density at radius 3 is 2.80 bits per heavy atom. The highest BCUT2D eigenvalue weighted by Gasteiger charge is 2.35. The number of nitrogens with zero attached hydrogens (tertiary/aromatic N) is 2. The van der Waals surface area contributed by atoms with Gasteiger partial charge in [0.05, 0.1) is 17.8 Å². The lowest BCUT2D eigenvalue weighted by Crippen LogP contribution is -2.50.